The first kappa shape index (κ1) is 38.9. The molecule has 0 radical (unpaired) electrons. The molecule has 6 rings (SSSR count). The standard InChI is InChI=1S/C43H70N2O6/c1-27(2)35-29(46)24-43(32(47)26-45-21-11-20-44(10)22-23-45)19-18-41(8)28(36(35)43)12-13-31-40(7)16-15-33(51-34(48)25-38(3,4)37(49)50)39(5,6)30(40)14-17-42(31,41)9/h27-28,30-33,47H,11-26H2,1-10H3,(H,49,50)/t28-,30+,31-,32+,33+,40+,41-,42-,43+/m1/s1. The van der Waals surface area contributed by atoms with Gasteiger partial charge in [0.25, 0.3) is 0 Å². The SMILES string of the molecule is CC(C)C1=C2[C@H]3CC[C@@H]4[C@@]5(C)CC[C@H](OC(=O)CC(C)(C)C(=O)O)C(C)(C)[C@@H]5CC[C@@]4(C)[C@]3(C)CC[C@@]2([C@@H](O)CN2CCCN(C)CC2)CC1=O. The predicted octanol–water partition coefficient (Wildman–Crippen LogP) is 7.38. The maximum absolute atomic E-state index is 14.1. The molecular weight excluding hydrogens is 640 g/mol. The predicted molar refractivity (Wildman–Crippen MR) is 200 cm³/mol. The maximum Gasteiger partial charge on any atom is 0.309 e. The second-order valence-corrected chi connectivity index (χ2v) is 20.5. The molecule has 2 N–H and O–H groups in total. The van der Waals surface area contributed by atoms with Crippen LogP contribution in [0.3, 0.4) is 0 Å². The fourth-order valence-corrected chi connectivity index (χ4v) is 13.6. The fourth-order valence-electron chi connectivity index (χ4n) is 13.6. The second-order valence-electron chi connectivity index (χ2n) is 20.5. The van der Waals surface area contributed by atoms with Crippen molar-refractivity contribution in [2.45, 2.75) is 145 Å². The molecule has 1 saturated heterocycles. The van der Waals surface area contributed by atoms with Gasteiger partial charge in [0, 0.05) is 36.9 Å². The van der Waals surface area contributed by atoms with Crippen LogP contribution in [0.4, 0.5) is 0 Å². The van der Waals surface area contributed by atoms with Gasteiger partial charge in [-0.05, 0) is 137 Å². The van der Waals surface area contributed by atoms with E-state index in [4.69, 9.17) is 4.74 Å². The summed E-state index contributed by atoms with van der Waals surface area (Å²) in [6.07, 6.45) is 8.74. The third-order valence-electron chi connectivity index (χ3n) is 16.7. The average Bonchev–Trinajstić information content (AvgIpc) is 3.19. The van der Waals surface area contributed by atoms with Gasteiger partial charge in [-0.1, -0.05) is 54.0 Å². The minimum absolute atomic E-state index is 0.0222. The van der Waals surface area contributed by atoms with E-state index >= 15 is 0 Å². The summed E-state index contributed by atoms with van der Waals surface area (Å²) in [5.41, 5.74) is 0.741. The summed E-state index contributed by atoms with van der Waals surface area (Å²) in [5.74, 6) is 0.233. The highest BCUT2D eigenvalue weighted by Gasteiger charge is 2.70. The number of rotatable bonds is 8. The quantitative estimate of drug-likeness (QED) is 0.252. The van der Waals surface area contributed by atoms with Crippen molar-refractivity contribution in [3.8, 4) is 0 Å². The summed E-state index contributed by atoms with van der Waals surface area (Å²) < 4.78 is 6.18. The Hall–Kier alpha value is -1.77. The molecular formula is C43H70N2O6. The number of aliphatic hydroxyl groups is 1. The molecule has 1 heterocycles. The van der Waals surface area contributed by atoms with Gasteiger partial charge in [-0.2, -0.15) is 0 Å². The summed E-state index contributed by atoms with van der Waals surface area (Å²) in [7, 11) is 2.18. The number of β-amino-alcohol motifs (C(OH)–C–C–N with tert-alkyl or cyclic N) is 1. The highest BCUT2D eigenvalue weighted by Crippen LogP contribution is 2.77. The van der Waals surface area contributed by atoms with E-state index in [1.807, 2.05) is 0 Å². The van der Waals surface area contributed by atoms with Gasteiger partial charge in [0.2, 0.25) is 0 Å². The number of Topliss-reactive ketones (excluding diaryl/α,β-unsaturated/α-hetero) is 1. The van der Waals surface area contributed by atoms with Crippen LogP contribution in [0.25, 0.3) is 0 Å². The minimum Gasteiger partial charge on any atom is -0.481 e. The number of ketones is 1. The number of aliphatic carboxylic acids is 1. The number of likely N-dealkylation sites (N-methyl/N-ethyl adjacent to an activating group) is 1. The first-order chi connectivity index (χ1) is 23.6. The monoisotopic (exact) mass is 711 g/mol. The number of hydrogen-bond acceptors (Lipinski definition) is 7. The van der Waals surface area contributed by atoms with Crippen molar-refractivity contribution in [2.75, 3.05) is 39.8 Å². The molecule has 8 heteroatoms. The van der Waals surface area contributed by atoms with Crippen LogP contribution < -0.4 is 0 Å². The largest absolute Gasteiger partial charge is 0.481 e. The molecule has 4 saturated carbocycles. The molecule has 5 aliphatic carbocycles. The van der Waals surface area contributed by atoms with Crippen LogP contribution >= 0.6 is 0 Å². The Morgan fingerprint density at radius 3 is 2.27 bits per heavy atom. The molecule has 288 valence electrons. The Labute approximate surface area is 308 Å². The van der Waals surface area contributed by atoms with E-state index < -0.39 is 28.9 Å². The molecule has 1 aliphatic heterocycles. The van der Waals surface area contributed by atoms with Crippen LogP contribution in [0.5, 0.6) is 0 Å². The van der Waals surface area contributed by atoms with Gasteiger partial charge >= 0.3 is 11.9 Å². The molecule has 8 nitrogen and oxygen atoms in total. The molecule has 0 unspecified atom stereocenters. The number of fused-ring (bicyclic) bond motifs is 7. The number of carbonyl (C=O) groups is 3. The third-order valence-corrected chi connectivity index (χ3v) is 16.7. The first-order valence-electron chi connectivity index (χ1n) is 20.4. The lowest BCUT2D eigenvalue weighted by Gasteiger charge is -2.72. The lowest BCUT2D eigenvalue weighted by Crippen LogP contribution is -2.66. The topological polar surface area (TPSA) is 107 Å². The lowest BCUT2D eigenvalue weighted by atomic mass is 9.33. The van der Waals surface area contributed by atoms with E-state index in [2.05, 4.69) is 65.3 Å². The van der Waals surface area contributed by atoms with E-state index in [-0.39, 0.29) is 45.9 Å². The summed E-state index contributed by atoms with van der Waals surface area (Å²) in [6, 6.07) is 0. The van der Waals surface area contributed by atoms with Crippen LogP contribution in [0.2, 0.25) is 0 Å². The minimum atomic E-state index is -1.16. The molecule has 9 atom stereocenters. The van der Waals surface area contributed by atoms with E-state index in [1.54, 1.807) is 13.8 Å². The molecule has 5 fully saturated rings. The summed E-state index contributed by atoms with van der Waals surface area (Å²) in [4.78, 5) is 43.8. The average molecular weight is 711 g/mol. The number of esters is 1. The number of ether oxygens (including phenoxy) is 1. The number of nitrogens with zero attached hydrogens (tertiary/aromatic N) is 2. The Morgan fingerprint density at radius 1 is 0.902 bits per heavy atom. The van der Waals surface area contributed by atoms with E-state index in [0.29, 0.717) is 30.7 Å². The highest BCUT2D eigenvalue weighted by atomic mass is 16.5. The Bertz CT molecular complexity index is 1430. The Balaban J connectivity index is 1.28. The van der Waals surface area contributed by atoms with Crippen molar-refractivity contribution in [1.29, 1.82) is 0 Å². The normalized spacial score (nSPS) is 40.9. The maximum atomic E-state index is 14.1. The number of aliphatic hydroxyl groups excluding tert-OH is 1. The van der Waals surface area contributed by atoms with Gasteiger partial charge in [0.05, 0.1) is 17.9 Å². The highest BCUT2D eigenvalue weighted by molar-refractivity contribution is 6.00. The van der Waals surface area contributed by atoms with Crippen LogP contribution in [0.1, 0.15) is 133 Å². The lowest BCUT2D eigenvalue weighted by molar-refractivity contribution is -0.235. The smallest absolute Gasteiger partial charge is 0.309 e. The second kappa shape index (κ2) is 13.2. The zero-order valence-electron chi connectivity index (χ0n) is 33.7. The van der Waals surface area contributed by atoms with Gasteiger partial charge < -0.3 is 19.8 Å². The number of carboxylic acid groups (broad SMARTS) is 1. The zero-order valence-corrected chi connectivity index (χ0v) is 33.7. The van der Waals surface area contributed by atoms with E-state index in [1.165, 1.54) is 5.57 Å². The van der Waals surface area contributed by atoms with Gasteiger partial charge in [-0.3, -0.25) is 19.3 Å². The van der Waals surface area contributed by atoms with Crippen molar-refractivity contribution in [1.82, 2.24) is 9.80 Å². The number of carbonyl (C=O) groups excluding carboxylic acids is 2. The fraction of sp³-hybridized carbons (Fsp3) is 0.884. The summed E-state index contributed by atoms with van der Waals surface area (Å²) in [6.45, 7) is 24.5. The Morgan fingerprint density at radius 2 is 1.61 bits per heavy atom. The van der Waals surface area contributed by atoms with Crippen LogP contribution in [0, 0.1) is 56.2 Å². The number of hydrogen-bond donors (Lipinski definition) is 2. The third kappa shape index (κ3) is 6.08. The van der Waals surface area contributed by atoms with Crippen LogP contribution in [-0.2, 0) is 19.1 Å². The van der Waals surface area contributed by atoms with Crippen molar-refractivity contribution in [2.24, 2.45) is 56.2 Å². The van der Waals surface area contributed by atoms with Gasteiger partial charge in [-0.25, -0.2) is 0 Å². The van der Waals surface area contributed by atoms with Crippen molar-refractivity contribution >= 4 is 17.7 Å². The zero-order chi connectivity index (χ0) is 37.5. The molecule has 51 heavy (non-hydrogen) atoms. The number of allylic oxidation sites excluding steroid dienone is 1. The first-order valence-corrected chi connectivity index (χ1v) is 20.4. The van der Waals surface area contributed by atoms with Gasteiger partial charge in [0.1, 0.15) is 6.10 Å². The molecule has 0 aromatic heterocycles. The van der Waals surface area contributed by atoms with Crippen molar-refractivity contribution < 1.29 is 29.3 Å². The van der Waals surface area contributed by atoms with Crippen molar-refractivity contribution in [3.63, 3.8) is 0 Å². The van der Waals surface area contributed by atoms with E-state index in [0.717, 1.165) is 89.5 Å². The van der Waals surface area contributed by atoms with Crippen LogP contribution in [-0.4, -0.2) is 89.7 Å². The molecule has 0 spiro atoms. The summed E-state index contributed by atoms with van der Waals surface area (Å²) in [5, 5.41) is 22.0. The molecule has 0 aromatic rings. The van der Waals surface area contributed by atoms with Crippen LogP contribution in [0.15, 0.2) is 11.1 Å². The van der Waals surface area contributed by atoms with Gasteiger partial charge in [-0.15, -0.1) is 0 Å². The van der Waals surface area contributed by atoms with E-state index in [9.17, 15) is 24.6 Å². The molecule has 0 aromatic carbocycles. The molecule has 0 amide bonds. The summed E-state index contributed by atoms with van der Waals surface area (Å²) >= 11 is 0. The number of carboxylic acids is 1. The van der Waals surface area contributed by atoms with Crippen molar-refractivity contribution in [3.05, 3.63) is 11.1 Å². The molecule has 6 aliphatic rings. The molecule has 0 bridgehead atoms. The Kier molecular flexibility index (Phi) is 10.1. The van der Waals surface area contributed by atoms with Gasteiger partial charge in [0.15, 0.2) is 5.78 Å².